The summed E-state index contributed by atoms with van der Waals surface area (Å²) in [7, 11) is 0. The number of carboxylic acids is 1. The summed E-state index contributed by atoms with van der Waals surface area (Å²) in [5, 5.41) is 16.5. The third-order valence-electron chi connectivity index (χ3n) is 4.96. The smallest absolute Gasteiger partial charge is 0.408 e. The predicted molar refractivity (Wildman–Crippen MR) is 132 cm³/mol. The molecule has 2 amide bonds. The van der Waals surface area contributed by atoms with Crippen molar-refractivity contribution in [3.8, 4) is 0 Å². The van der Waals surface area contributed by atoms with E-state index >= 15 is 0 Å². The van der Waals surface area contributed by atoms with Gasteiger partial charge in [-0.25, -0.2) is 19.4 Å². The second-order valence-electron chi connectivity index (χ2n) is 7.69. The number of nitrogens with two attached hydrogens (primary N) is 2. The maximum absolute atomic E-state index is 12.2. The molecule has 0 saturated carbocycles. The number of imidazole rings is 1. The molecule has 0 fully saturated rings. The number of hydrogen-bond acceptors (Lipinski definition) is 8. The number of anilines is 1. The van der Waals surface area contributed by atoms with E-state index in [2.05, 4.69) is 25.4 Å². The van der Waals surface area contributed by atoms with E-state index in [0.717, 1.165) is 10.6 Å². The fraction of sp³-hybridized carbons (Fsp3) is 0.217. The van der Waals surface area contributed by atoms with E-state index in [-0.39, 0.29) is 25.4 Å². The predicted octanol–water partition coefficient (Wildman–Crippen LogP) is 0.732. The lowest BCUT2D eigenvalue weighted by Crippen LogP contribution is -2.47. The van der Waals surface area contributed by atoms with Gasteiger partial charge in [0.2, 0.25) is 5.91 Å². The Balaban J connectivity index is 1.69. The molecule has 192 valence electrons. The number of alkyl carbamates (subject to hydrolysis) is 1. The van der Waals surface area contributed by atoms with Gasteiger partial charge in [-0.1, -0.05) is 35.4 Å². The van der Waals surface area contributed by atoms with Gasteiger partial charge in [0.1, 0.15) is 18.5 Å². The Morgan fingerprint density at radius 1 is 1.19 bits per heavy atom. The molecule has 1 aromatic heterocycles. The Kier molecular flexibility index (Phi) is 8.89. The quantitative estimate of drug-likeness (QED) is 0.106. The molecule has 0 aliphatic heterocycles. The molecule has 0 spiro atoms. The zero-order valence-corrected chi connectivity index (χ0v) is 19.5. The van der Waals surface area contributed by atoms with E-state index in [0.29, 0.717) is 22.5 Å². The van der Waals surface area contributed by atoms with Crippen molar-refractivity contribution in [2.75, 3.05) is 11.6 Å². The molecule has 14 heteroatoms. The Hall–Kier alpha value is -5.23. The first kappa shape index (κ1) is 26.4. The van der Waals surface area contributed by atoms with Crippen LogP contribution in [-0.2, 0) is 32.1 Å². The highest BCUT2D eigenvalue weighted by atomic mass is 16.5. The Morgan fingerprint density at radius 2 is 1.95 bits per heavy atom. The third kappa shape index (κ3) is 7.90. The highest BCUT2D eigenvalue weighted by Gasteiger charge is 2.25. The molecule has 2 aromatic carbocycles. The van der Waals surface area contributed by atoms with Crippen LogP contribution in [0.2, 0.25) is 0 Å². The number of nitrogens with one attached hydrogen (secondary N) is 2. The molecular formula is C23H24N8O6. The molecule has 3 aromatic rings. The van der Waals surface area contributed by atoms with Crippen LogP contribution in [0.15, 0.2) is 58.6 Å². The number of carbonyl (C=O) groups excluding carboxylic acids is 3. The van der Waals surface area contributed by atoms with Crippen LogP contribution in [0.3, 0.4) is 0 Å². The van der Waals surface area contributed by atoms with E-state index in [9.17, 15) is 24.3 Å². The molecule has 0 radical (unpaired) electrons. The van der Waals surface area contributed by atoms with Crippen LogP contribution in [0.5, 0.6) is 0 Å². The van der Waals surface area contributed by atoms with Crippen molar-refractivity contribution in [1.82, 2.24) is 15.3 Å². The van der Waals surface area contributed by atoms with Crippen LogP contribution >= 0.6 is 0 Å². The minimum absolute atomic E-state index is 0.0263. The number of aliphatic imine (C=N–C) groups is 1. The number of isocyanates is 1. The van der Waals surface area contributed by atoms with E-state index in [1.165, 1.54) is 6.08 Å². The fourth-order valence-electron chi connectivity index (χ4n) is 3.27. The van der Waals surface area contributed by atoms with Crippen molar-refractivity contribution in [1.29, 1.82) is 0 Å². The van der Waals surface area contributed by atoms with E-state index < -0.39 is 30.6 Å². The normalized spacial score (nSPS) is 11.1. The van der Waals surface area contributed by atoms with Crippen LogP contribution in [-0.4, -0.2) is 57.7 Å². The number of rotatable bonds is 11. The standard InChI is InChI=1S/C23H24N8O6/c24-22(25)30-20(33)9-8-19-27-16-7-6-15(10-17(16)28-19)31(26-13-32)11-18(21(34)35)29-23(36)37-12-14-4-2-1-3-5-14/h1-7,10,18H,8-9,11-12H2,(H,27,28)(H,29,36)(H,34,35)(H4,24,25,30,33). The highest BCUT2D eigenvalue weighted by molar-refractivity contribution is 5.91. The minimum Gasteiger partial charge on any atom is -0.480 e. The number of H-pyrrole nitrogens is 1. The number of aryl methyl sites for hydroxylation is 1. The van der Waals surface area contributed by atoms with Gasteiger partial charge in [-0.3, -0.25) is 9.80 Å². The summed E-state index contributed by atoms with van der Waals surface area (Å²) in [5.41, 5.74) is 12.5. The first-order chi connectivity index (χ1) is 17.7. The number of carboxylic acid groups (broad SMARTS) is 1. The number of aromatic amines is 1. The second kappa shape index (κ2) is 12.5. The molecular weight excluding hydrogens is 484 g/mol. The van der Waals surface area contributed by atoms with Crippen LogP contribution < -0.4 is 21.8 Å². The third-order valence-corrected chi connectivity index (χ3v) is 4.96. The number of aromatic nitrogens is 2. The summed E-state index contributed by atoms with van der Waals surface area (Å²) < 4.78 is 5.08. The summed E-state index contributed by atoms with van der Waals surface area (Å²) in [4.78, 5) is 57.5. The molecule has 1 unspecified atom stereocenters. The monoisotopic (exact) mass is 508 g/mol. The summed E-state index contributed by atoms with van der Waals surface area (Å²) in [5.74, 6) is -1.70. The topological polar surface area (TPSA) is 218 Å². The number of hydrogen-bond donors (Lipinski definition) is 5. The van der Waals surface area contributed by atoms with Crippen molar-refractivity contribution in [2.45, 2.75) is 25.5 Å². The first-order valence-corrected chi connectivity index (χ1v) is 10.9. The molecule has 0 bridgehead atoms. The molecule has 14 nitrogen and oxygen atoms in total. The maximum atomic E-state index is 12.2. The summed E-state index contributed by atoms with van der Waals surface area (Å²) in [6, 6.07) is 12.2. The molecule has 37 heavy (non-hydrogen) atoms. The lowest BCUT2D eigenvalue weighted by molar-refractivity contribution is -0.139. The number of amides is 2. The van der Waals surface area contributed by atoms with Crippen molar-refractivity contribution < 1.29 is 29.0 Å². The van der Waals surface area contributed by atoms with Gasteiger partial charge in [-0.15, -0.1) is 0 Å². The van der Waals surface area contributed by atoms with Gasteiger partial charge in [-0.2, -0.15) is 4.99 Å². The SMILES string of the molecule is NC(N)=NC(=O)CCc1nc2ccc(N(CC(NC(=O)OCc3ccccc3)C(=O)O)N=C=O)cc2[nH]1. The fourth-order valence-corrected chi connectivity index (χ4v) is 3.27. The number of carbonyl (C=O) groups is 3. The number of nitrogens with zero attached hydrogens (tertiary/aromatic N) is 4. The van der Waals surface area contributed by atoms with Crippen molar-refractivity contribution in [3.05, 3.63) is 59.9 Å². The average Bonchev–Trinajstić information content (AvgIpc) is 3.28. The summed E-state index contributed by atoms with van der Waals surface area (Å²) in [6.07, 6.45) is 0.699. The van der Waals surface area contributed by atoms with Crippen LogP contribution in [0, 0.1) is 0 Å². The molecule has 0 aliphatic rings. The van der Waals surface area contributed by atoms with Gasteiger partial charge in [-0.05, 0) is 23.8 Å². The second-order valence-corrected chi connectivity index (χ2v) is 7.69. The molecule has 1 heterocycles. The van der Waals surface area contributed by atoms with Gasteiger partial charge in [0.15, 0.2) is 5.96 Å². The maximum Gasteiger partial charge on any atom is 0.408 e. The summed E-state index contributed by atoms with van der Waals surface area (Å²) >= 11 is 0. The highest BCUT2D eigenvalue weighted by Crippen LogP contribution is 2.22. The Labute approximate surface area is 210 Å². The molecule has 1 atom stereocenters. The van der Waals surface area contributed by atoms with Gasteiger partial charge in [0.05, 0.1) is 23.3 Å². The van der Waals surface area contributed by atoms with Crippen molar-refractivity contribution >= 4 is 46.7 Å². The number of hydrazone groups is 1. The Bertz CT molecular complexity index is 1350. The first-order valence-electron chi connectivity index (χ1n) is 10.9. The molecule has 7 N–H and O–H groups in total. The van der Waals surface area contributed by atoms with Gasteiger partial charge in [0.25, 0.3) is 6.08 Å². The van der Waals surface area contributed by atoms with Crippen LogP contribution in [0.4, 0.5) is 10.5 Å². The van der Waals surface area contributed by atoms with E-state index in [1.807, 2.05) is 6.07 Å². The van der Waals surface area contributed by atoms with Crippen molar-refractivity contribution in [3.63, 3.8) is 0 Å². The van der Waals surface area contributed by atoms with Gasteiger partial charge >= 0.3 is 12.1 Å². The van der Waals surface area contributed by atoms with E-state index in [4.69, 9.17) is 16.2 Å². The van der Waals surface area contributed by atoms with E-state index in [1.54, 1.807) is 42.5 Å². The molecule has 0 saturated heterocycles. The average molecular weight is 508 g/mol. The lowest BCUT2D eigenvalue weighted by Gasteiger charge is -2.22. The largest absolute Gasteiger partial charge is 0.480 e. The number of benzene rings is 2. The Morgan fingerprint density at radius 3 is 2.62 bits per heavy atom. The zero-order chi connectivity index (χ0) is 26.8. The zero-order valence-electron chi connectivity index (χ0n) is 19.5. The number of guanidine groups is 1. The minimum atomic E-state index is -1.46. The lowest BCUT2D eigenvalue weighted by atomic mass is 10.2. The van der Waals surface area contributed by atoms with Crippen molar-refractivity contribution in [2.24, 2.45) is 21.6 Å². The molecule has 3 rings (SSSR count). The van der Waals surface area contributed by atoms with Crippen LogP contribution in [0.1, 0.15) is 17.8 Å². The van der Waals surface area contributed by atoms with Gasteiger partial charge < -0.3 is 31.6 Å². The number of ether oxygens (including phenoxy) is 1. The molecule has 0 aliphatic carbocycles. The summed E-state index contributed by atoms with van der Waals surface area (Å²) in [6.45, 7) is -0.448. The van der Waals surface area contributed by atoms with Gasteiger partial charge in [0, 0.05) is 12.8 Å². The van der Waals surface area contributed by atoms with Crippen LogP contribution in [0.25, 0.3) is 11.0 Å². The number of aliphatic carboxylic acids is 1. The number of fused-ring (bicyclic) bond motifs is 1.